The van der Waals surface area contributed by atoms with Gasteiger partial charge in [0.15, 0.2) is 0 Å². The van der Waals surface area contributed by atoms with E-state index >= 15 is 0 Å². The first-order valence-electron chi connectivity index (χ1n) is 8.42. The Morgan fingerprint density at radius 2 is 0.957 bits per heavy atom. The number of hydrogen-bond acceptors (Lipinski definition) is 2. The van der Waals surface area contributed by atoms with Gasteiger partial charge in [0.1, 0.15) is 0 Å². The van der Waals surface area contributed by atoms with Crippen molar-refractivity contribution in [2.75, 3.05) is 0 Å². The molecule has 0 saturated heterocycles. The van der Waals surface area contributed by atoms with Gasteiger partial charge in [0, 0.05) is 6.42 Å². The van der Waals surface area contributed by atoms with Gasteiger partial charge in [-0.1, -0.05) is 62.4 Å². The molecule has 2 heteroatoms. The summed E-state index contributed by atoms with van der Waals surface area (Å²) in [5.41, 5.74) is 1.98. The molecule has 2 N–H and O–H groups in total. The maximum atomic E-state index is 10.9. The van der Waals surface area contributed by atoms with Gasteiger partial charge in [0.25, 0.3) is 0 Å². The first-order valence-corrected chi connectivity index (χ1v) is 8.42. The van der Waals surface area contributed by atoms with Gasteiger partial charge in [-0.15, -0.1) is 0 Å². The summed E-state index contributed by atoms with van der Waals surface area (Å²) in [6.45, 7) is 7.75. The molecule has 2 atom stereocenters. The zero-order valence-corrected chi connectivity index (χ0v) is 14.6. The van der Waals surface area contributed by atoms with Gasteiger partial charge < -0.3 is 10.2 Å². The molecule has 0 aliphatic carbocycles. The van der Waals surface area contributed by atoms with Crippen LogP contribution >= 0.6 is 0 Å². The summed E-state index contributed by atoms with van der Waals surface area (Å²) in [5, 5.41) is 21.8. The van der Waals surface area contributed by atoms with E-state index in [9.17, 15) is 10.2 Å². The fraction of sp³-hybridized carbons (Fsp3) is 0.429. The van der Waals surface area contributed by atoms with E-state index in [0.29, 0.717) is 0 Å². The molecular formula is C21H28O2. The molecule has 2 aromatic carbocycles. The summed E-state index contributed by atoms with van der Waals surface area (Å²) >= 11 is 0. The molecule has 124 valence electrons. The van der Waals surface area contributed by atoms with Crippen molar-refractivity contribution in [2.45, 2.75) is 58.2 Å². The van der Waals surface area contributed by atoms with Crippen molar-refractivity contribution in [1.82, 2.24) is 0 Å². The van der Waals surface area contributed by atoms with Crippen LogP contribution in [0, 0.1) is 0 Å². The molecule has 0 saturated carbocycles. The fourth-order valence-corrected chi connectivity index (χ4v) is 3.07. The SMILES string of the molecule is CCc1ccc([C@@](C)(O)C[C@](C)(O)c2ccc(CC)cc2)cc1. The molecule has 2 rings (SSSR count). The molecule has 0 spiro atoms. The van der Waals surface area contributed by atoms with Crippen LogP contribution in [0.1, 0.15) is 56.4 Å². The molecule has 0 radical (unpaired) electrons. The van der Waals surface area contributed by atoms with Crippen molar-refractivity contribution in [3.8, 4) is 0 Å². The number of aryl methyl sites for hydroxylation is 2. The quantitative estimate of drug-likeness (QED) is 0.834. The molecule has 0 aliphatic rings. The fourth-order valence-electron chi connectivity index (χ4n) is 3.07. The number of benzene rings is 2. The van der Waals surface area contributed by atoms with Gasteiger partial charge in [-0.25, -0.2) is 0 Å². The highest BCUT2D eigenvalue weighted by Crippen LogP contribution is 2.36. The highest BCUT2D eigenvalue weighted by Gasteiger charge is 2.34. The molecule has 0 heterocycles. The molecule has 2 aromatic rings. The van der Waals surface area contributed by atoms with Crippen molar-refractivity contribution in [3.63, 3.8) is 0 Å². The molecule has 0 unspecified atom stereocenters. The van der Waals surface area contributed by atoms with E-state index < -0.39 is 11.2 Å². The molecule has 23 heavy (non-hydrogen) atoms. The average Bonchev–Trinajstić information content (AvgIpc) is 2.54. The lowest BCUT2D eigenvalue weighted by Gasteiger charge is -2.33. The Balaban J connectivity index is 2.21. The average molecular weight is 312 g/mol. The number of aliphatic hydroxyl groups is 2. The third-order valence-electron chi connectivity index (χ3n) is 4.66. The first kappa shape index (κ1) is 17.7. The summed E-state index contributed by atoms with van der Waals surface area (Å²) in [5.74, 6) is 0. The van der Waals surface area contributed by atoms with Crippen molar-refractivity contribution >= 4 is 0 Å². The van der Waals surface area contributed by atoms with Crippen molar-refractivity contribution < 1.29 is 10.2 Å². The Kier molecular flexibility index (Phi) is 5.28. The zero-order chi connectivity index (χ0) is 17.1. The maximum absolute atomic E-state index is 10.9. The third-order valence-corrected chi connectivity index (χ3v) is 4.66. The maximum Gasteiger partial charge on any atom is 0.0899 e. The van der Waals surface area contributed by atoms with Crippen molar-refractivity contribution in [2.24, 2.45) is 0 Å². The minimum absolute atomic E-state index is 0.247. The van der Waals surface area contributed by atoms with Crippen molar-refractivity contribution in [3.05, 3.63) is 70.8 Å². The second-order valence-electron chi connectivity index (χ2n) is 6.83. The summed E-state index contributed by atoms with van der Waals surface area (Å²) in [6.07, 6.45) is 2.20. The molecular weight excluding hydrogens is 284 g/mol. The second kappa shape index (κ2) is 6.86. The van der Waals surface area contributed by atoms with Crippen LogP contribution < -0.4 is 0 Å². The summed E-state index contributed by atoms with van der Waals surface area (Å²) in [4.78, 5) is 0. The van der Waals surface area contributed by atoms with Gasteiger partial charge in [-0.2, -0.15) is 0 Å². The second-order valence-corrected chi connectivity index (χ2v) is 6.83. The zero-order valence-electron chi connectivity index (χ0n) is 14.6. The summed E-state index contributed by atoms with van der Waals surface area (Å²) < 4.78 is 0. The van der Waals surface area contributed by atoms with E-state index in [1.54, 1.807) is 13.8 Å². The lowest BCUT2D eigenvalue weighted by molar-refractivity contribution is -0.0525. The molecule has 0 aliphatic heterocycles. The Morgan fingerprint density at radius 1 is 0.652 bits per heavy atom. The normalized spacial score (nSPS) is 16.6. The van der Waals surface area contributed by atoms with E-state index in [-0.39, 0.29) is 6.42 Å². The predicted molar refractivity (Wildman–Crippen MR) is 95.4 cm³/mol. The topological polar surface area (TPSA) is 40.5 Å². The van der Waals surface area contributed by atoms with E-state index in [0.717, 1.165) is 24.0 Å². The van der Waals surface area contributed by atoms with Crippen molar-refractivity contribution in [1.29, 1.82) is 0 Å². The highest BCUT2D eigenvalue weighted by atomic mass is 16.3. The van der Waals surface area contributed by atoms with Crippen LogP contribution in [0.15, 0.2) is 48.5 Å². The van der Waals surface area contributed by atoms with Gasteiger partial charge in [0.05, 0.1) is 11.2 Å². The lowest BCUT2D eigenvalue weighted by Crippen LogP contribution is -2.33. The van der Waals surface area contributed by atoms with Gasteiger partial charge in [-0.3, -0.25) is 0 Å². The van der Waals surface area contributed by atoms with Crippen LogP contribution in [0.3, 0.4) is 0 Å². The van der Waals surface area contributed by atoms with E-state index in [2.05, 4.69) is 13.8 Å². The van der Waals surface area contributed by atoms with Gasteiger partial charge in [0.2, 0.25) is 0 Å². The number of rotatable bonds is 6. The minimum atomic E-state index is -1.08. The van der Waals surface area contributed by atoms with E-state index in [4.69, 9.17) is 0 Å². The molecule has 0 aromatic heterocycles. The van der Waals surface area contributed by atoms with Gasteiger partial charge in [-0.05, 0) is 48.9 Å². The highest BCUT2D eigenvalue weighted by molar-refractivity contribution is 5.30. The van der Waals surface area contributed by atoms with Crippen LogP contribution in [0.2, 0.25) is 0 Å². The van der Waals surface area contributed by atoms with E-state index in [1.165, 1.54) is 11.1 Å². The molecule has 0 amide bonds. The van der Waals surface area contributed by atoms with Crippen LogP contribution in [0.5, 0.6) is 0 Å². The largest absolute Gasteiger partial charge is 0.385 e. The van der Waals surface area contributed by atoms with Crippen LogP contribution in [-0.4, -0.2) is 10.2 Å². The van der Waals surface area contributed by atoms with Crippen LogP contribution in [0.25, 0.3) is 0 Å². The number of hydrogen-bond donors (Lipinski definition) is 2. The van der Waals surface area contributed by atoms with E-state index in [1.807, 2.05) is 48.5 Å². The minimum Gasteiger partial charge on any atom is -0.385 e. The summed E-state index contributed by atoms with van der Waals surface area (Å²) in [7, 11) is 0. The van der Waals surface area contributed by atoms with Crippen LogP contribution in [0.4, 0.5) is 0 Å². The monoisotopic (exact) mass is 312 g/mol. The molecule has 2 nitrogen and oxygen atoms in total. The predicted octanol–water partition coefficient (Wildman–Crippen LogP) is 4.32. The molecule has 0 bridgehead atoms. The van der Waals surface area contributed by atoms with Gasteiger partial charge >= 0.3 is 0 Å². The Labute approximate surface area is 139 Å². The summed E-state index contributed by atoms with van der Waals surface area (Å²) in [6, 6.07) is 16.0. The lowest BCUT2D eigenvalue weighted by atomic mass is 9.80. The first-order chi connectivity index (χ1) is 10.8. The molecule has 0 fully saturated rings. The van der Waals surface area contributed by atoms with Crippen LogP contribution in [-0.2, 0) is 24.0 Å². The Morgan fingerprint density at radius 3 is 1.22 bits per heavy atom. The Bertz CT molecular complexity index is 564. The Hall–Kier alpha value is -1.64. The standard InChI is InChI=1S/C21H28O2/c1-5-16-7-11-18(12-8-16)20(3,22)15-21(4,23)19-13-9-17(6-2)10-14-19/h7-14,22-23H,5-6,15H2,1-4H3/t20-,21-/m0/s1. The third kappa shape index (κ3) is 4.21. The smallest absolute Gasteiger partial charge is 0.0899 e.